The molecule has 0 bridgehead atoms. The van der Waals surface area contributed by atoms with Gasteiger partial charge >= 0.3 is 0 Å². The van der Waals surface area contributed by atoms with Crippen LogP contribution < -0.4 is 0 Å². The number of carbonyl (C=O) groups excluding carboxylic acids is 1. The summed E-state index contributed by atoms with van der Waals surface area (Å²) in [7, 11) is 0. The summed E-state index contributed by atoms with van der Waals surface area (Å²) >= 11 is 0. The van der Waals surface area contributed by atoms with E-state index in [4.69, 9.17) is 4.99 Å². The van der Waals surface area contributed by atoms with Gasteiger partial charge in [0.05, 0.1) is 33.8 Å². The van der Waals surface area contributed by atoms with Crippen molar-refractivity contribution >= 4 is 33.9 Å². The van der Waals surface area contributed by atoms with Gasteiger partial charge in [-0.15, -0.1) is 0 Å². The number of non-ortho nitro benzene ring substituents is 1. The number of amides is 1. The van der Waals surface area contributed by atoms with Gasteiger partial charge in [-0.25, -0.2) is 9.98 Å². The number of aromatic hydroxyl groups is 1. The Morgan fingerprint density at radius 2 is 1.88 bits per heavy atom. The van der Waals surface area contributed by atoms with Crippen LogP contribution in [0.1, 0.15) is 48.7 Å². The lowest BCUT2D eigenvalue weighted by molar-refractivity contribution is -0.384. The molecule has 0 radical (unpaired) electrons. The van der Waals surface area contributed by atoms with E-state index < -0.39 is 4.92 Å². The zero-order valence-corrected chi connectivity index (χ0v) is 23.8. The first-order valence-electron chi connectivity index (χ1n) is 14.5. The van der Waals surface area contributed by atoms with E-state index in [1.807, 2.05) is 66.6 Å². The third-order valence-electron chi connectivity index (χ3n) is 7.88. The largest absolute Gasteiger partial charge is 0.494 e. The van der Waals surface area contributed by atoms with Crippen LogP contribution >= 0.6 is 0 Å². The molecule has 218 valence electrons. The molecule has 1 amide bonds. The molecule has 3 aromatic carbocycles. The number of benzene rings is 3. The molecule has 3 heterocycles. The number of nitrogens with zero attached hydrogens (tertiary/aromatic N) is 4. The fourth-order valence-electron chi connectivity index (χ4n) is 5.56. The summed E-state index contributed by atoms with van der Waals surface area (Å²) in [6, 6.07) is 20.1. The lowest BCUT2D eigenvalue weighted by Crippen LogP contribution is -2.25. The molecule has 1 aliphatic heterocycles. The van der Waals surface area contributed by atoms with Gasteiger partial charge in [-0.2, -0.15) is 0 Å². The van der Waals surface area contributed by atoms with Crippen LogP contribution in [0.2, 0.25) is 0 Å². The molecule has 5 aromatic rings. The van der Waals surface area contributed by atoms with Crippen LogP contribution in [0.5, 0.6) is 5.88 Å². The molecule has 43 heavy (non-hydrogen) atoms. The number of hydrogen-bond acceptors (Lipinski definition) is 6. The molecule has 0 unspecified atom stereocenters. The summed E-state index contributed by atoms with van der Waals surface area (Å²) in [5.41, 5.74) is 5.81. The van der Waals surface area contributed by atoms with Crippen LogP contribution in [-0.2, 0) is 17.6 Å². The van der Waals surface area contributed by atoms with Crippen LogP contribution in [-0.4, -0.2) is 54.6 Å². The Labute approximate surface area is 248 Å². The van der Waals surface area contributed by atoms with Crippen molar-refractivity contribution in [3.05, 3.63) is 106 Å². The number of likely N-dealkylation sites (tertiary alicyclic amines) is 1. The lowest BCUT2D eigenvalue weighted by atomic mass is 9.98. The second-order valence-corrected chi connectivity index (χ2v) is 10.7. The number of H-pyrrole nitrogens is 2. The van der Waals surface area contributed by atoms with Crippen molar-refractivity contribution in [1.82, 2.24) is 19.9 Å². The second kappa shape index (κ2) is 11.9. The summed E-state index contributed by atoms with van der Waals surface area (Å²) in [4.78, 5) is 40.6. The summed E-state index contributed by atoms with van der Waals surface area (Å²) in [5, 5.41) is 23.1. The lowest BCUT2D eigenvalue weighted by Gasteiger charge is -2.15. The molecule has 10 nitrogen and oxygen atoms in total. The second-order valence-electron chi connectivity index (χ2n) is 10.7. The van der Waals surface area contributed by atoms with Gasteiger partial charge in [0.25, 0.3) is 5.69 Å². The Bertz CT molecular complexity index is 1820. The van der Waals surface area contributed by atoms with E-state index in [0.717, 1.165) is 67.0 Å². The Morgan fingerprint density at radius 3 is 2.56 bits per heavy atom. The molecular formula is C33H32N6O4. The Hall–Kier alpha value is -5.25. The van der Waals surface area contributed by atoms with Crippen LogP contribution in [0.15, 0.2) is 77.9 Å². The Morgan fingerprint density at radius 1 is 1.09 bits per heavy atom. The molecule has 0 spiro atoms. The molecule has 1 saturated heterocycles. The summed E-state index contributed by atoms with van der Waals surface area (Å²) in [6.07, 6.45) is 5.91. The number of nitro groups is 1. The van der Waals surface area contributed by atoms with Crippen molar-refractivity contribution in [2.75, 3.05) is 13.1 Å². The van der Waals surface area contributed by atoms with Gasteiger partial charge in [-0.1, -0.05) is 43.3 Å². The molecule has 2 aromatic heterocycles. The maximum Gasteiger partial charge on any atom is 0.270 e. The van der Waals surface area contributed by atoms with Gasteiger partial charge in [0.2, 0.25) is 5.91 Å². The number of carbonyl (C=O) groups is 1. The van der Waals surface area contributed by atoms with Crippen molar-refractivity contribution in [3.63, 3.8) is 0 Å². The molecule has 1 fully saturated rings. The Kier molecular flexibility index (Phi) is 7.74. The summed E-state index contributed by atoms with van der Waals surface area (Å²) in [5.74, 6) is 1.03. The molecule has 10 heteroatoms. The van der Waals surface area contributed by atoms with E-state index in [2.05, 4.69) is 15.0 Å². The number of aromatic nitrogens is 3. The number of nitrogens with one attached hydrogen (secondary N) is 2. The molecule has 3 N–H and O–H groups in total. The number of aromatic amines is 2. The third kappa shape index (κ3) is 5.90. The van der Waals surface area contributed by atoms with Crippen molar-refractivity contribution in [2.24, 2.45) is 4.99 Å². The number of fused-ring (bicyclic) bond motifs is 1. The van der Waals surface area contributed by atoms with Crippen molar-refractivity contribution in [3.8, 4) is 17.1 Å². The number of aliphatic imine (C=N–C) groups is 1. The van der Waals surface area contributed by atoms with Gasteiger partial charge in [-0.05, 0) is 48.6 Å². The zero-order chi connectivity index (χ0) is 29.9. The summed E-state index contributed by atoms with van der Waals surface area (Å²) < 4.78 is 0. The van der Waals surface area contributed by atoms with Crippen molar-refractivity contribution < 1.29 is 14.8 Å². The SMILES string of the molecule is CCc1ncc(-c2ccc(N=C(c3ccc(CCCN4CCCC4=O)cc3)c3c(O)[nH]c4ccc([N+](=O)[O-])cc34)cc2)[nH]1. The maximum absolute atomic E-state index is 11.9. The minimum atomic E-state index is -0.452. The fourth-order valence-corrected chi connectivity index (χ4v) is 5.56. The first kappa shape index (κ1) is 27.9. The molecule has 0 atom stereocenters. The van der Waals surface area contributed by atoms with E-state index in [0.29, 0.717) is 34.3 Å². The topological polar surface area (TPSA) is 141 Å². The monoisotopic (exact) mass is 576 g/mol. The van der Waals surface area contributed by atoms with E-state index in [1.165, 1.54) is 12.1 Å². The smallest absolute Gasteiger partial charge is 0.270 e. The van der Waals surface area contributed by atoms with Gasteiger partial charge in [0.15, 0.2) is 5.88 Å². The van der Waals surface area contributed by atoms with E-state index in [9.17, 15) is 20.0 Å². The fraction of sp³-hybridized carbons (Fsp3) is 0.242. The third-order valence-corrected chi connectivity index (χ3v) is 7.88. The van der Waals surface area contributed by atoms with Crippen LogP contribution in [0.25, 0.3) is 22.2 Å². The highest BCUT2D eigenvalue weighted by molar-refractivity contribution is 6.22. The van der Waals surface area contributed by atoms with Crippen LogP contribution in [0.4, 0.5) is 11.4 Å². The molecule has 6 rings (SSSR count). The van der Waals surface area contributed by atoms with Crippen LogP contribution in [0.3, 0.4) is 0 Å². The first-order chi connectivity index (χ1) is 20.9. The van der Waals surface area contributed by atoms with Gasteiger partial charge in [-0.3, -0.25) is 14.9 Å². The molecule has 0 aliphatic carbocycles. The van der Waals surface area contributed by atoms with Gasteiger partial charge < -0.3 is 20.0 Å². The Balaban J connectivity index is 1.35. The highest BCUT2D eigenvalue weighted by Gasteiger charge is 2.22. The average Bonchev–Trinajstić information content (AvgIpc) is 3.74. The quantitative estimate of drug-likeness (QED) is 0.0994. The van der Waals surface area contributed by atoms with Crippen molar-refractivity contribution in [2.45, 2.75) is 39.0 Å². The van der Waals surface area contributed by atoms with E-state index in [-0.39, 0.29) is 17.5 Å². The number of aryl methyl sites for hydroxylation is 2. The van der Waals surface area contributed by atoms with Gasteiger partial charge in [0.1, 0.15) is 5.82 Å². The first-order valence-corrected chi connectivity index (χ1v) is 14.5. The average molecular weight is 577 g/mol. The predicted octanol–water partition coefficient (Wildman–Crippen LogP) is 6.46. The standard InChI is InChI=1S/C33H32N6O4/c1-2-29-34-20-28(36-29)22-11-13-24(14-12-22)35-32(31-26-19-25(39(42)43)15-16-27(26)37-33(31)41)23-9-7-21(8-10-23)5-3-17-38-18-4-6-30(38)40/h7-16,19-20,37,41H,2-6,17-18H2,1H3,(H,34,36). The van der Waals surface area contributed by atoms with Gasteiger partial charge in [0, 0.05) is 54.5 Å². The molecule has 0 saturated carbocycles. The zero-order valence-electron chi connectivity index (χ0n) is 23.8. The molecule has 1 aliphatic rings. The number of nitro benzene ring substituents is 1. The minimum absolute atomic E-state index is 0.0747. The van der Waals surface area contributed by atoms with E-state index in [1.54, 1.807) is 6.07 Å². The highest BCUT2D eigenvalue weighted by atomic mass is 16.6. The predicted molar refractivity (Wildman–Crippen MR) is 166 cm³/mol. The van der Waals surface area contributed by atoms with Crippen molar-refractivity contribution in [1.29, 1.82) is 0 Å². The number of hydrogen-bond donors (Lipinski definition) is 3. The maximum atomic E-state index is 11.9. The number of imidazole rings is 1. The van der Waals surface area contributed by atoms with Crippen LogP contribution in [0, 0.1) is 10.1 Å². The van der Waals surface area contributed by atoms with E-state index >= 15 is 0 Å². The normalized spacial score (nSPS) is 13.7. The minimum Gasteiger partial charge on any atom is -0.494 e. The molecular weight excluding hydrogens is 544 g/mol. The highest BCUT2D eigenvalue weighted by Crippen LogP contribution is 2.34. The summed E-state index contributed by atoms with van der Waals surface area (Å²) in [6.45, 7) is 3.64. The number of rotatable bonds is 10.